The van der Waals surface area contributed by atoms with Crippen LogP contribution in [0.3, 0.4) is 0 Å². The average Bonchev–Trinajstić information content (AvgIpc) is 2.51. The molecule has 0 rings (SSSR count). The van der Waals surface area contributed by atoms with E-state index in [1.54, 1.807) is 6.92 Å². The molecule has 3 N–H and O–H groups in total. The Hall–Kier alpha value is -0.450. The van der Waals surface area contributed by atoms with Crippen molar-refractivity contribution in [2.45, 2.75) is 89.8 Å². The topological polar surface area (TPSA) is 53.2 Å². The van der Waals surface area contributed by atoms with E-state index in [9.17, 15) is 4.79 Å². The summed E-state index contributed by atoms with van der Waals surface area (Å²) in [6.45, 7) is 3.92. The molecule has 0 bridgehead atoms. The predicted octanol–water partition coefficient (Wildman–Crippen LogP) is 2.87. The van der Waals surface area contributed by atoms with E-state index in [0.29, 0.717) is 23.9 Å². The van der Waals surface area contributed by atoms with Crippen LogP contribution < -0.4 is 16.0 Å². The van der Waals surface area contributed by atoms with Gasteiger partial charge in [0.2, 0.25) is 0 Å². The summed E-state index contributed by atoms with van der Waals surface area (Å²) in [4.78, 5) is 11.0. The van der Waals surface area contributed by atoms with E-state index in [2.05, 4.69) is 29.9 Å². The van der Waals surface area contributed by atoms with Crippen molar-refractivity contribution in [3.63, 3.8) is 0 Å². The number of carbonyl (C=O) groups is 1. The lowest BCUT2D eigenvalue weighted by molar-refractivity contribution is -0.117. The van der Waals surface area contributed by atoms with Crippen LogP contribution in [0, 0.1) is 0 Å². The van der Waals surface area contributed by atoms with Crippen LogP contribution in [-0.2, 0) is 4.79 Å². The second-order valence-corrected chi connectivity index (χ2v) is 6.62. The second kappa shape index (κ2) is 14.2. The van der Waals surface area contributed by atoms with Gasteiger partial charge >= 0.3 is 0 Å². The van der Waals surface area contributed by atoms with Gasteiger partial charge < -0.3 is 20.7 Å². The molecule has 0 aromatic carbocycles. The van der Waals surface area contributed by atoms with Gasteiger partial charge in [-0.05, 0) is 73.5 Å². The number of nitrogens with one attached hydrogen (secondary N) is 3. The summed E-state index contributed by atoms with van der Waals surface area (Å²) in [6, 6.07) is 1.81. The summed E-state index contributed by atoms with van der Waals surface area (Å²) in [5, 5.41) is 10.1. The maximum absolute atomic E-state index is 11.0. The molecule has 0 radical (unpaired) electrons. The fourth-order valence-electron chi connectivity index (χ4n) is 2.84. The van der Waals surface area contributed by atoms with Crippen molar-refractivity contribution in [3.05, 3.63) is 0 Å². The molecule has 132 valence electrons. The maximum Gasteiger partial charge on any atom is 0.129 e. The lowest BCUT2D eigenvalue weighted by atomic mass is 9.98. The van der Waals surface area contributed by atoms with Crippen molar-refractivity contribution in [1.82, 2.24) is 16.0 Å². The first-order valence-electron chi connectivity index (χ1n) is 9.04. The van der Waals surface area contributed by atoms with Crippen LogP contribution in [0.2, 0.25) is 0 Å². The summed E-state index contributed by atoms with van der Waals surface area (Å²) in [7, 11) is 6.14. The highest BCUT2D eigenvalue weighted by Gasteiger charge is 2.10. The highest BCUT2D eigenvalue weighted by Crippen LogP contribution is 2.13. The molecule has 0 aromatic heterocycles. The zero-order valence-electron chi connectivity index (χ0n) is 15.5. The molecular formula is C18H39N3O. The van der Waals surface area contributed by atoms with E-state index in [1.165, 1.54) is 38.5 Å². The summed E-state index contributed by atoms with van der Waals surface area (Å²) in [5.41, 5.74) is 0. The van der Waals surface area contributed by atoms with Gasteiger partial charge in [0.25, 0.3) is 0 Å². The minimum absolute atomic E-state index is 0.308. The minimum Gasteiger partial charge on any atom is -0.317 e. The Labute approximate surface area is 138 Å². The molecule has 0 spiro atoms. The number of Topliss-reactive ketones (excluding diaryl/α,β-unsaturated/α-hetero) is 1. The Morgan fingerprint density at radius 3 is 1.73 bits per heavy atom. The van der Waals surface area contributed by atoms with Gasteiger partial charge in [-0.25, -0.2) is 0 Å². The number of hydrogen-bond acceptors (Lipinski definition) is 4. The molecule has 0 heterocycles. The van der Waals surface area contributed by atoms with Gasteiger partial charge in [-0.2, -0.15) is 0 Å². The van der Waals surface area contributed by atoms with Crippen molar-refractivity contribution in [3.8, 4) is 0 Å². The molecule has 0 saturated carbocycles. The maximum atomic E-state index is 11.0. The van der Waals surface area contributed by atoms with Crippen molar-refractivity contribution in [2.24, 2.45) is 0 Å². The molecule has 22 heavy (non-hydrogen) atoms. The lowest BCUT2D eigenvalue weighted by Gasteiger charge is -2.20. The molecule has 0 aliphatic carbocycles. The van der Waals surface area contributed by atoms with Crippen LogP contribution in [0.5, 0.6) is 0 Å². The van der Waals surface area contributed by atoms with Gasteiger partial charge in [-0.1, -0.05) is 12.8 Å². The molecule has 0 aliphatic heterocycles. The number of carbonyl (C=O) groups excluding carboxylic acids is 1. The van der Waals surface area contributed by atoms with Crippen molar-refractivity contribution < 1.29 is 4.79 Å². The molecule has 0 aromatic rings. The van der Waals surface area contributed by atoms with Crippen LogP contribution in [0.4, 0.5) is 0 Å². The zero-order chi connectivity index (χ0) is 16.8. The molecule has 0 saturated heterocycles. The van der Waals surface area contributed by atoms with E-state index in [4.69, 9.17) is 0 Å². The van der Waals surface area contributed by atoms with E-state index in [-0.39, 0.29) is 0 Å². The molecule has 0 fully saturated rings. The Bertz CT molecular complexity index is 271. The van der Waals surface area contributed by atoms with Crippen LogP contribution in [0.1, 0.15) is 71.6 Å². The minimum atomic E-state index is 0.308. The molecular weight excluding hydrogens is 274 g/mol. The molecule has 0 aliphatic rings. The van der Waals surface area contributed by atoms with Crippen molar-refractivity contribution in [1.29, 1.82) is 0 Å². The first-order chi connectivity index (χ1) is 10.5. The van der Waals surface area contributed by atoms with Crippen LogP contribution in [-0.4, -0.2) is 45.1 Å². The van der Waals surface area contributed by atoms with Gasteiger partial charge in [-0.3, -0.25) is 0 Å². The van der Waals surface area contributed by atoms with E-state index in [0.717, 1.165) is 19.3 Å². The third-order valence-corrected chi connectivity index (χ3v) is 4.69. The zero-order valence-corrected chi connectivity index (χ0v) is 15.5. The Balaban J connectivity index is 3.74. The standard InChI is InChI=1S/C18H39N3O/c1-15(19-3)13-14-18(21-5)11-7-6-10-17(20-4)12-8-9-16(2)22/h15,17-21H,6-14H2,1-5H3. The molecule has 3 atom stereocenters. The molecule has 4 nitrogen and oxygen atoms in total. The van der Waals surface area contributed by atoms with E-state index in [1.807, 2.05) is 14.1 Å². The number of unbranched alkanes of at least 4 members (excludes halogenated alkanes) is 1. The summed E-state index contributed by atoms with van der Waals surface area (Å²) < 4.78 is 0. The Morgan fingerprint density at radius 1 is 0.773 bits per heavy atom. The van der Waals surface area contributed by atoms with Crippen LogP contribution >= 0.6 is 0 Å². The summed E-state index contributed by atoms with van der Waals surface area (Å²) >= 11 is 0. The summed E-state index contributed by atoms with van der Waals surface area (Å²) in [5.74, 6) is 0.308. The predicted molar refractivity (Wildman–Crippen MR) is 96.5 cm³/mol. The average molecular weight is 314 g/mol. The van der Waals surface area contributed by atoms with Gasteiger partial charge in [0.05, 0.1) is 0 Å². The van der Waals surface area contributed by atoms with Crippen LogP contribution in [0.15, 0.2) is 0 Å². The van der Waals surface area contributed by atoms with E-state index < -0.39 is 0 Å². The Kier molecular flexibility index (Phi) is 13.9. The van der Waals surface area contributed by atoms with Gasteiger partial charge in [-0.15, -0.1) is 0 Å². The Morgan fingerprint density at radius 2 is 1.27 bits per heavy atom. The quantitative estimate of drug-likeness (QED) is 0.407. The van der Waals surface area contributed by atoms with E-state index >= 15 is 0 Å². The van der Waals surface area contributed by atoms with Crippen molar-refractivity contribution >= 4 is 5.78 Å². The largest absolute Gasteiger partial charge is 0.317 e. The van der Waals surface area contributed by atoms with Crippen LogP contribution in [0.25, 0.3) is 0 Å². The molecule has 4 heteroatoms. The number of rotatable bonds is 15. The highest BCUT2D eigenvalue weighted by atomic mass is 16.1. The number of hydrogen-bond donors (Lipinski definition) is 3. The summed E-state index contributed by atoms with van der Waals surface area (Å²) in [6.07, 6.45) is 10.4. The lowest BCUT2D eigenvalue weighted by Crippen LogP contribution is -2.29. The molecule has 0 amide bonds. The van der Waals surface area contributed by atoms with Gasteiger partial charge in [0.15, 0.2) is 0 Å². The first kappa shape index (κ1) is 21.6. The first-order valence-corrected chi connectivity index (χ1v) is 9.04. The monoisotopic (exact) mass is 313 g/mol. The van der Waals surface area contributed by atoms with Gasteiger partial charge in [0.1, 0.15) is 5.78 Å². The van der Waals surface area contributed by atoms with Gasteiger partial charge in [0, 0.05) is 24.5 Å². The SMILES string of the molecule is CNC(C)CCC(CCCCC(CCCC(C)=O)NC)NC. The third kappa shape index (κ3) is 12.1. The fourth-order valence-corrected chi connectivity index (χ4v) is 2.84. The third-order valence-electron chi connectivity index (χ3n) is 4.69. The fraction of sp³-hybridized carbons (Fsp3) is 0.944. The smallest absolute Gasteiger partial charge is 0.129 e. The number of ketones is 1. The molecule has 3 unspecified atom stereocenters. The second-order valence-electron chi connectivity index (χ2n) is 6.62. The van der Waals surface area contributed by atoms with Crippen molar-refractivity contribution in [2.75, 3.05) is 21.1 Å². The normalized spacial score (nSPS) is 15.5. The highest BCUT2D eigenvalue weighted by molar-refractivity contribution is 5.75.